The summed E-state index contributed by atoms with van der Waals surface area (Å²) in [5.74, 6) is -0.353. The highest BCUT2D eigenvalue weighted by Crippen LogP contribution is 2.07. The van der Waals surface area contributed by atoms with E-state index in [-0.39, 0.29) is 11.6 Å². The van der Waals surface area contributed by atoms with E-state index in [0.29, 0.717) is 11.3 Å². The van der Waals surface area contributed by atoms with Gasteiger partial charge < -0.3 is 5.32 Å². The normalized spacial score (nSPS) is 9.35. The van der Waals surface area contributed by atoms with Crippen LogP contribution in [0.4, 0.5) is 5.69 Å². The van der Waals surface area contributed by atoms with Gasteiger partial charge in [0.25, 0.3) is 5.91 Å². The van der Waals surface area contributed by atoms with Crippen LogP contribution in [0.25, 0.3) is 0 Å². The third-order valence-corrected chi connectivity index (χ3v) is 2.06. The van der Waals surface area contributed by atoms with Crippen LogP contribution in [0, 0.1) is 11.3 Å². The van der Waals surface area contributed by atoms with E-state index in [4.69, 9.17) is 5.26 Å². The van der Waals surface area contributed by atoms with Gasteiger partial charge in [-0.25, -0.2) is 0 Å². The molecule has 0 unspecified atom stereocenters. The first-order valence-corrected chi connectivity index (χ1v) is 4.87. The van der Waals surface area contributed by atoms with Gasteiger partial charge in [-0.2, -0.15) is 5.26 Å². The summed E-state index contributed by atoms with van der Waals surface area (Å²) in [4.78, 5) is 19.5. The van der Waals surface area contributed by atoms with Gasteiger partial charge in [0.1, 0.15) is 5.69 Å². The molecule has 1 amide bonds. The molecule has 2 rings (SSSR count). The standard InChI is InChI=1S/C12H8N4O/c13-8-9-1-6-15-11(7-9)12(17)16-10-2-4-14-5-3-10/h1-7H,(H,14,16,17). The van der Waals surface area contributed by atoms with E-state index in [0.717, 1.165) is 0 Å². The minimum absolute atomic E-state index is 0.209. The van der Waals surface area contributed by atoms with E-state index in [2.05, 4.69) is 15.3 Å². The molecule has 0 aromatic carbocycles. The average Bonchev–Trinajstić information content (AvgIpc) is 2.40. The number of amides is 1. The predicted octanol–water partition coefficient (Wildman–Crippen LogP) is 1.60. The molecule has 0 spiro atoms. The molecule has 5 heteroatoms. The maximum atomic E-state index is 11.8. The average molecular weight is 224 g/mol. The quantitative estimate of drug-likeness (QED) is 0.840. The van der Waals surface area contributed by atoms with Crippen molar-refractivity contribution in [2.24, 2.45) is 0 Å². The molecule has 1 N–H and O–H groups in total. The van der Waals surface area contributed by atoms with Gasteiger partial charge in [-0.05, 0) is 24.3 Å². The molecule has 17 heavy (non-hydrogen) atoms. The molecule has 2 aromatic rings. The summed E-state index contributed by atoms with van der Waals surface area (Å²) in [6.07, 6.45) is 4.59. The van der Waals surface area contributed by atoms with Gasteiger partial charge in [-0.1, -0.05) is 0 Å². The number of nitriles is 1. The zero-order valence-electron chi connectivity index (χ0n) is 8.79. The molecule has 0 saturated heterocycles. The van der Waals surface area contributed by atoms with Crippen molar-refractivity contribution in [3.8, 4) is 6.07 Å². The molecule has 0 radical (unpaired) electrons. The van der Waals surface area contributed by atoms with Crippen LogP contribution in [0.1, 0.15) is 16.1 Å². The van der Waals surface area contributed by atoms with E-state index in [1.165, 1.54) is 12.3 Å². The number of aromatic nitrogens is 2. The first kappa shape index (κ1) is 10.8. The number of anilines is 1. The number of pyridine rings is 2. The van der Waals surface area contributed by atoms with Crippen molar-refractivity contribution >= 4 is 11.6 Å². The van der Waals surface area contributed by atoms with E-state index < -0.39 is 0 Å². The molecule has 0 aliphatic heterocycles. The van der Waals surface area contributed by atoms with Gasteiger partial charge in [0.2, 0.25) is 0 Å². The topological polar surface area (TPSA) is 78.7 Å². The lowest BCUT2D eigenvalue weighted by Crippen LogP contribution is -2.13. The molecule has 2 heterocycles. The van der Waals surface area contributed by atoms with Crippen LogP contribution in [0.15, 0.2) is 42.9 Å². The predicted molar refractivity (Wildman–Crippen MR) is 61.1 cm³/mol. The van der Waals surface area contributed by atoms with Crippen molar-refractivity contribution in [2.45, 2.75) is 0 Å². The first-order valence-electron chi connectivity index (χ1n) is 4.87. The second kappa shape index (κ2) is 4.86. The number of rotatable bonds is 2. The van der Waals surface area contributed by atoms with Gasteiger partial charge in [0, 0.05) is 24.3 Å². The molecule has 0 aliphatic rings. The zero-order chi connectivity index (χ0) is 12.1. The Kier molecular flexibility index (Phi) is 3.08. The lowest BCUT2D eigenvalue weighted by molar-refractivity contribution is 0.102. The highest BCUT2D eigenvalue weighted by molar-refractivity contribution is 6.02. The largest absolute Gasteiger partial charge is 0.321 e. The van der Waals surface area contributed by atoms with Gasteiger partial charge in [0.05, 0.1) is 11.6 Å². The maximum absolute atomic E-state index is 11.8. The fourth-order valence-corrected chi connectivity index (χ4v) is 1.25. The first-order chi connectivity index (χ1) is 8.29. The lowest BCUT2D eigenvalue weighted by atomic mass is 10.2. The Bertz CT molecular complexity index is 575. The SMILES string of the molecule is N#Cc1ccnc(C(=O)Nc2ccncc2)c1. The third-order valence-electron chi connectivity index (χ3n) is 2.06. The molecule has 82 valence electrons. The molecule has 0 bridgehead atoms. The van der Waals surface area contributed by atoms with Crippen LogP contribution >= 0.6 is 0 Å². The van der Waals surface area contributed by atoms with Crippen molar-refractivity contribution in [1.82, 2.24) is 9.97 Å². The fraction of sp³-hybridized carbons (Fsp3) is 0. The number of nitrogens with zero attached hydrogens (tertiary/aromatic N) is 3. The van der Waals surface area contributed by atoms with E-state index in [1.807, 2.05) is 6.07 Å². The van der Waals surface area contributed by atoms with Crippen LogP contribution in [-0.2, 0) is 0 Å². The molecule has 0 fully saturated rings. The number of nitrogens with one attached hydrogen (secondary N) is 1. The fourth-order valence-electron chi connectivity index (χ4n) is 1.25. The summed E-state index contributed by atoms with van der Waals surface area (Å²) in [6.45, 7) is 0. The second-order valence-corrected chi connectivity index (χ2v) is 3.23. The third kappa shape index (κ3) is 2.63. The van der Waals surface area contributed by atoms with Crippen molar-refractivity contribution in [3.05, 3.63) is 54.1 Å². The molecule has 0 atom stereocenters. The summed E-state index contributed by atoms with van der Waals surface area (Å²) in [5.41, 5.74) is 1.25. The van der Waals surface area contributed by atoms with E-state index in [9.17, 15) is 4.79 Å². The Morgan fingerprint density at radius 3 is 2.71 bits per heavy atom. The summed E-state index contributed by atoms with van der Waals surface area (Å²) in [7, 11) is 0. The van der Waals surface area contributed by atoms with Crippen molar-refractivity contribution in [2.75, 3.05) is 5.32 Å². The van der Waals surface area contributed by atoms with E-state index in [1.54, 1.807) is 30.6 Å². The van der Waals surface area contributed by atoms with Gasteiger partial charge in [0.15, 0.2) is 0 Å². The van der Waals surface area contributed by atoms with Gasteiger partial charge in [-0.3, -0.25) is 14.8 Å². The minimum Gasteiger partial charge on any atom is -0.321 e. The summed E-state index contributed by atoms with van der Waals surface area (Å²) < 4.78 is 0. The molecule has 0 aliphatic carbocycles. The Balaban J connectivity index is 2.18. The van der Waals surface area contributed by atoms with Crippen molar-refractivity contribution in [1.29, 1.82) is 5.26 Å². The highest BCUT2D eigenvalue weighted by Gasteiger charge is 2.07. The van der Waals surface area contributed by atoms with Crippen LogP contribution in [0.5, 0.6) is 0 Å². The van der Waals surface area contributed by atoms with Crippen LogP contribution in [0.2, 0.25) is 0 Å². The van der Waals surface area contributed by atoms with Crippen LogP contribution < -0.4 is 5.32 Å². The molecule has 5 nitrogen and oxygen atoms in total. The monoisotopic (exact) mass is 224 g/mol. The van der Waals surface area contributed by atoms with Gasteiger partial charge in [-0.15, -0.1) is 0 Å². The summed E-state index contributed by atoms with van der Waals surface area (Å²) in [5, 5.41) is 11.4. The zero-order valence-corrected chi connectivity index (χ0v) is 8.79. The Morgan fingerprint density at radius 2 is 2.00 bits per heavy atom. The van der Waals surface area contributed by atoms with Crippen LogP contribution in [-0.4, -0.2) is 15.9 Å². The number of carbonyl (C=O) groups excluding carboxylic acids is 1. The number of hydrogen-bond acceptors (Lipinski definition) is 4. The smallest absolute Gasteiger partial charge is 0.274 e. The van der Waals surface area contributed by atoms with Crippen molar-refractivity contribution < 1.29 is 4.79 Å². The molecular weight excluding hydrogens is 216 g/mol. The number of hydrogen-bond donors (Lipinski definition) is 1. The number of carbonyl (C=O) groups is 1. The lowest BCUT2D eigenvalue weighted by Gasteiger charge is -2.03. The summed E-state index contributed by atoms with van der Waals surface area (Å²) in [6, 6.07) is 8.29. The van der Waals surface area contributed by atoms with Gasteiger partial charge >= 0.3 is 0 Å². The Morgan fingerprint density at radius 1 is 1.24 bits per heavy atom. The molecule has 2 aromatic heterocycles. The summed E-state index contributed by atoms with van der Waals surface area (Å²) >= 11 is 0. The van der Waals surface area contributed by atoms with Crippen LogP contribution in [0.3, 0.4) is 0 Å². The highest BCUT2D eigenvalue weighted by atomic mass is 16.1. The Labute approximate surface area is 97.8 Å². The van der Waals surface area contributed by atoms with E-state index >= 15 is 0 Å². The maximum Gasteiger partial charge on any atom is 0.274 e. The van der Waals surface area contributed by atoms with Crippen molar-refractivity contribution in [3.63, 3.8) is 0 Å². The Hall–Kier alpha value is -2.74. The second-order valence-electron chi connectivity index (χ2n) is 3.23. The minimum atomic E-state index is -0.353. The molecular formula is C12H8N4O. The molecule has 0 saturated carbocycles.